The van der Waals surface area contributed by atoms with Crippen molar-refractivity contribution in [2.45, 2.75) is 45.6 Å². The summed E-state index contributed by atoms with van der Waals surface area (Å²) >= 11 is 0. The molecule has 0 amide bonds. The van der Waals surface area contributed by atoms with Crippen LogP contribution in [0.2, 0.25) is 0 Å². The van der Waals surface area contributed by atoms with Crippen molar-refractivity contribution in [3.8, 4) is 0 Å². The predicted octanol–water partition coefficient (Wildman–Crippen LogP) is 2.40. The first kappa shape index (κ1) is 11.6. The van der Waals surface area contributed by atoms with Crippen LogP contribution in [0.25, 0.3) is 0 Å². The summed E-state index contributed by atoms with van der Waals surface area (Å²) in [4.78, 5) is 0. The van der Waals surface area contributed by atoms with Crippen LogP contribution in [0, 0.1) is 12.8 Å². The number of aromatic nitrogens is 2. The molecule has 1 aliphatic rings. The van der Waals surface area contributed by atoms with Crippen LogP contribution in [0.4, 0.5) is 0 Å². The number of nitrogens with zero attached hydrogens (tertiary/aromatic N) is 2. The molecule has 3 heteroatoms. The van der Waals surface area contributed by atoms with Gasteiger partial charge in [-0.2, -0.15) is 5.10 Å². The van der Waals surface area contributed by atoms with Gasteiger partial charge in [0.2, 0.25) is 0 Å². The van der Waals surface area contributed by atoms with Gasteiger partial charge in [-0.3, -0.25) is 4.68 Å². The van der Waals surface area contributed by atoms with E-state index >= 15 is 0 Å². The Balaban J connectivity index is 1.65. The predicted molar refractivity (Wildman–Crippen MR) is 66.2 cm³/mol. The second-order valence-corrected chi connectivity index (χ2v) is 5.02. The quantitative estimate of drug-likeness (QED) is 0.774. The Bertz CT molecular complexity index is 324. The van der Waals surface area contributed by atoms with Crippen molar-refractivity contribution in [2.24, 2.45) is 13.0 Å². The van der Waals surface area contributed by atoms with E-state index in [0.29, 0.717) is 0 Å². The van der Waals surface area contributed by atoms with Gasteiger partial charge >= 0.3 is 0 Å². The van der Waals surface area contributed by atoms with Crippen molar-refractivity contribution in [2.75, 3.05) is 6.54 Å². The molecule has 1 aromatic heterocycles. The topological polar surface area (TPSA) is 29.9 Å². The van der Waals surface area contributed by atoms with Gasteiger partial charge < -0.3 is 5.32 Å². The fraction of sp³-hybridized carbons (Fsp3) is 0.769. The average Bonchev–Trinajstić information content (AvgIpc) is 2.84. The minimum atomic E-state index is 0.948. The van der Waals surface area contributed by atoms with Crippen LogP contribution >= 0.6 is 0 Å². The first-order chi connectivity index (χ1) is 7.75. The molecule has 0 spiro atoms. The van der Waals surface area contributed by atoms with Gasteiger partial charge in [0.05, 0.1) is 11.4 Å². The van der Waals surface area contributed by atoms with Crippen molar-refractivity contribution >= 4 is 0 Å². The lowest BCUT2D eigenvalue weighted by Crippen LogP contribution is -2.18. The molecule has 1 saturated carbocycles. The van der Waals surface area contributed by atoms with Crippen LogP contribution in [0.1, 0.15) is 43.5 Å². The van der Waals surface area contributed by atoms with Crippen molar-refractivity contribution in [1.29, 1.82) is 0 Å². The van der Waals surface area contributed by atoms with Gasteiger partial charge in [0.25, 0.3) is 0 Å². The molecule has 1 N–H and O–H groups in total. The van der Waals surface area contributed by atoms with Crippen LogP contribution in [0.5, 0.6) is 0 Å². The molecule has 1 fully saturated rings. The van der Waals surface area contributed by atoms with Gasteiger partial charge in [-0.1, -0.05) is 25.7 Å². The van der Waals surface area contributed by atoms with Crippen molar-refractivity contribution in [1.82, 2.24) is 15.1 Å². The largest absolute Gasteiger partial charge is 0.311 e. The van der Waals surface area contributed by atoms with Crippen LogP contribution < -0.4 is 5.32 Å². The summed E-state index contributed by atoms with van der Waals surface area (Å²) in [6.07, 6.45) is 7.15. The van der Waals surface area contributed by atoms with Gasteiger partial charge in [0, 0.05) is 13.6 Å². The fourth-order valence-corrected chi connectivity index (χ4v) is 2.65. The van der Waals surface area contributed by atoms with Crippen molar-refractivity contribution in [3.63, 3.8) is 0 Å². The Hall–Kier alpha value is -0.830. The molecule has 1 aromatic rings. The summed E-state index contributed by atoms with van der Waals surface area (Å²) < 4.78 is 1.97. The summed E-state index contributed by atoms with van der Waals surface area (Å²) in [5, 5.41) is 7.87. The number of rotatable bonds is 5. The lowest BCUT2D eigenvalue weighted by Gasteiger charge is -2.09. The summed E-state index contributed by atoms with van der Waals surface area (Å²) in [6, 6.07) is 2.16. The monoisotopic (exact) mass is 221 g/mol. The maximum atomic E-state index is 4.34. The third-order valence-electron chi connectivity index (χ3n) is 3.61. The standard InChI is InChI=1S/C13H23N3/c1-11-9-13(16(2)15-11)10-14-8-7-12-5-3-4-6-12/h9,12,14H,3-8,10H2,1-2H3. The maximum absolute atomic E-state index is 4.34. The van der Waals surface area contributed by atoms with E-state index in [4.69, 9.17) is 0 Å². The van der Waals surface area contributed by atoms with Gasteiger partial charge in [-0.05, 0) is 31.9 Å². The number of hydrogen-bond acceptors (Lipinski definition) is 2. The molecule has 0 aliphatic heterocycles. The lowest BCUT2D eigenvalue weighted by atomic mass is 10.0. The van der Waals surface area contributed by atoms with Gasteiger partial charge in [-0.25, -0.2) is 0 Å². The van der Waals surface area contributed by atoms with Crippen LogP contribution in [0.15, 0.2) is 6.07 Å². The summed E-state index contributed by atoms with van der Waals surface area (Å²) in [6.45, 7) is 4.14. The van der Waals surface area contributed by atoms with E-state index in [2.05, 4.69) is 16.5 Å². The molecule has 0 unspecified atom stereocenters. The molecule has 2 rings (SSSR count). The zero-order chi connectivity index (χ0) is 11.4. The highest BCUT2D eigenvalue weighted by Gasteiger charge is 2.13. The van der Waals surface area contributed by atoms with Crippen molar-refractivity contribution in [3.05, 3.63) is 17.5 Å². The molecule has 16 heavy (non-hydrogen) atoms. The van der Waals surface area contributed by atoms with E-state index in [9.17, 15) is 0 Å². The van der Waals surface area contributed by atoms with Gasteiger partial charge in [-0.15, -0.1) is 0 Å². The molecule has 90 valence electrons. The third kappa shape index (κ3) is 3.08. The molecular weight excluding hydrogens is 198 g/mol. The number of nitrogens with one attached hydrogen (secondary N) is 1. The third-order valence-corrected chi connectivity index (χ3v) is 3.61. The van der Waals surface area contributed by atoms with Crippen LogP contribution in [-0.2, 0) is 13.6 Å². The second kappa shape index (κ2) is 5.48. The van der Waals surface area contributed by atoms with Crippen molar-refractivity contribution < 1.29 is 0 Å². The summed E-state index contributed by atoms with van der Waals surface area (Å²) in [5.41, 5.74) is 2.39. The van der Waals surface area contributed by atoms with Crippen LogP contribution in [-0.4, -0.2) is 16.3 Å². The minimum absolute atomic E-state index is 0.948. The zero-order valence-electron chi connectivity index (χ0n) is 10.5. The molecule has 3 nitrogen and oxygen atoms in total. The van der Waals surface area contributed by atoms with E-state index in [1.54, 1.807) is 0 Å². The first-order valence-electron chi connectivity index (χ1n) is 6.46. The van der Waals surface area contributed by atoms with E-state index in [1.807, 2.05) is 18.7 Å². The zero-order valence-corrected chi connectivity index (χ0v) is 10.5. The number of aryl methyl sites for hydroxylation is 2. The summed E-state index contributed by atoms with van der Waals surface area (Å²) in [5.74, 6) is 0.987. The maximum Gasteiger partial charge on any atom is 0.0597 e. The molecule has 0 bridgehead atoms. The summed E-state index contributed by atoms with van der Waals surface area (Å²) in [7, 11) is 2.01. The first-order valence-corrected chi connectivity index (χ1v) is 6.46. The van der Waals surface area contributed by atoms with Gasteiger partial charge in [0.1, 0.15) is 0 Å². The molecule has 1 aliphatic carbocycles. The molecule has 0 radical (unpaired) electrons. The highest BCUT2D eigenvalue weighted by molar-refractivity contribution is 5.08. The molecular formula is C13H23N3. The van der Waals surface area contributed by atoms with E-state index < -0.39 is 0 Å². The highest BCUT2D eigenvalue weighted by Crippen LogP contribution is 2.26. The molecule has 0 saturated heterocycles. The Morgan fingerprint density at radius 1 is 1.44 bits per heavy atom. The lowest BCUT2D eigenvalue weighted by molar-refractivity contribution is 0.473. The Morgan fingerprint density at radius 2 is 2.19 bits per heavy atom. The SMILES string of the molecule is Cc1cc(CNCCC2CCCC2)n(C)n1. The molecule has 0 aromatic carbocycles. The Kier molecular flexibility index (Phi) is 3.99. The smallest absolute Gasteiger partial charge is 0.0597 e. The van der Waals surface area contributed by atoms with E-state index in [1.165, 1.54) is 37.8 Å². The average molecular weight is 221 g/mol. The highest BCUT2D eigenvalue weighted by atomic mass is 15.3. The minimum Gasteiger partial charge on any atom is -0.311 e. The fourth-order valence-electron chi connectivity index (χ4n) is 2.65. The Morgan fingerprint density at radius 3 is 2.81 bits per heavy atom. The van der Waals surface area contributed by atoms with Crippen LogP contribution in [0.3, 0.4) is 0 Å². The Labute approximate surface area is 98.2 Å². The normalized spacial score (nSPS) is 17.1. The van der Waals surface area contributed by atoms with E-state index in [0.717, 1.165) is 24.7 Å². The van der Waals surface area contributed by atoms with E-state index in [-0.39, 0.29) is 0 Å². The number of hydrogen-bond donors (Lipinski definition) is 1. The molecule has 0 atom stereocenters. The molecule has 1 heterocycles. The second-order valence-electron chi connectivity index (χ2n) is 5.02. The van der Waals surface area contributed by atoms with Gasteiger partial charge in [0.15, 0.2) is 0 Å².